The molecular weight excluding hydrogens is 294 g/mol. The van der Waals surface area contributed by atoms with E-state index in [0.29, 0.717) is 12.4 Å². The summed E-state index contributed by atoms with van der Waals surface area (Å²) in [5, 5.41) is 7.07. The van der Waals surface area contributed by atoms with Crippen molar-refractivity contribution < 1.29 is 9.32 Å². The molecule has 1 aliphatic rings. The van der Waals surface area contributed by atoms with Gasteiger partial charge in [-0.15, -0.1) is 0 Å². The third-order valence-corrected chi connectivity index (χ3v) is 4.03. The van der Waals surface area contributed by atoms with Gasteiger partial charge in [-0.2, -0.15) is 4.98 Å². The van der Waals surface area contributed by atoms with E-state index in [1.807, 2.05) is 0 Å². The van der Waals surface area contributed by atoms with Crippen LogP contribution in [0.5, 0.6) is 0 Å². The van der Waals surface area contributed by atoms with Crippen LogP contribution in [-0.2, 0) is 19.5 Å². The lowest BCUT2D eigenvalue weighted by Gasteiger charge is -2.31. The number of amides is 1. The summed E-state index contributed by atoms with van der Waals surface area (Å²) in [7, 11) is 0. The number of carbonyl (C=O) groups is 1. The number of nitrogens with two attached hydrogens (primary N) is 1. The monoisotopic (exact) mass is 315 g/mol. The Morgan fingerprint density at radius 2 is 2.22 bits per heavy atom. The molecule has 2 heterocycles. The van der Waals surface area contributed by atoms with Crippen LogP contribution in [0.1, 0.15) is 34.6 Å². The Balaban J connectivity index is 1.48. The van der Waals surface area contributed by atoms with Crippen LogP contribution >= 0.6 is 0 Å². The van der Waals surface area contributed by atoms with Crippen LogP contribution in [0, 0.1) is 0 Å². The number of aromatic nitrogens is 2. The van der Waals surface area contributed by atoms with E-state index in [-0.39, 0.29) is 11.9 Å². The Morgan fingerprint density at radius 1 is 1.43 bits per heavy atom. The summed E-state index contributed by atoms with van der Waals surface area (Å²) < 4.78 is 4.76. The van der Waals surface area contributed by atoms with E-state index < -0.39 is 5.91 Å². The largest absolute Gasteiger partial charge is 0.361 e. The lowest BCUT2D eigenvalue weighted by molar-refractivity contribution is 0.0958. The molecule has 0 saturated heterocycles. The molecule has 7 heteroatoms. The van der Waals surface area contributed by atoms with Crippen molar-refractivity contribution in [1.29, 1.82) is 0 Å². The Kier molecular flexibility index (Phi) is 4.68. The zero-order chi connectivity index (χ0) is 16.2. The van der Waals surface area contributed by atoms with Crippen LogP contribution in [0.15, 0.2) is 28.8 Å². The van der Waals surface area contributed by atoms with Crippen LogP contribution in [-0.4, -0.2) is 40.1 Å². The van der Waals surface area contributed by atoms with E-state index >= 15 is 0 Å². The summed E-state index contributed by atoms with van der Waals surface area (Å²) in [5.41, 5.74) is 7.95. The number of hydrogen-bond acceptors (Lipinski definition) is 6. The van der Waals surface area contributed by atoms with E-state index in [1.165, 1.54) is 11.1 Å². The average molecular weight is 315 g/mol. The van der Waals surface area contributed by atoms with Gasteiger partial charge in [0.2, 0.25) is 0 Å². The van der Waals surface area contributed by atoms with Crippen LogP contribution in [0.25, 0.3) is 0 Å². The molecule has 0 aliphatic carbocycles. The van der Waals surface area contributed by atoms with Gasteiger partial charge >= 0.3 is 11.8 Å². The smallest absolute Gasteiger partial charge is 0.315 e. The fourth-order valence-corrected chi connectivity index (χ4v) is 2.85. The molecule has 0 bridgehead atoms. The van der Waals surface area contributed by atoms with E-state index in [4.69, 9.17) is 10.3 Å². The quantitative estimate of drug-likeness (QED) is 0.814. The molecule has 1 amide bonds. The molecule has 122 valence electrons. The SMILES string of the molecule is C[C@H](CN1CCc2ccccc2C1)NCc1noc(C(N)=O)n1. The predicted molar refractivity (Wildman–Crippen MR) is 84.5 cm³/mol. The molecule has 3 N–H and O–H groups in total. The van der Waals surface area contributed by atoms with Crippen molar-refractivity contribution in [3.8, 4) is 0 Å². The van der Waals surface area contributed by atoms with Gasteiger partial charge in [-0.25, -0.2) is 0 Å². The fourth-order valence-electron chi connectivity index (χ4n) is 2.85. The minimum Gasteiger partial charge on any atom is -0.361 e. The molecule has 1 aromatic heterocycles. The average Bonchev–Trinajstić information content (AvgIpc) is 3.02. The van der Waals surface area contributed by atoms with Gasteiger partial charge < -0.3 is 15.6 Å². The molecule has 1 atom stereocenters. The summed E-state index contributed by atoms with van der Waals surface area (Å²) in [6.45, 7) is 5.56. The Labute approximate surface area is 134 Å². The minimum atomic E-state index is -0.705. The summed E-state index contributed by atoms with van der Waals surface area (Å²) in [4.78, 5) is 17.3. The van der Waals surface area contributed by atoms with Gasteiger partial charge in [0.15, 0.2) is 5.82 Å². The minimum absolute atomic E-state index is 0.151. The second-order valence-electron chi connectivity index (χ2n) is 5.92. The van der Waals surface area contributed by atoms with E-state index in [9.17, 15) is 4.79 Å². The second kappa shape index (κ2) is 6.89. The molecule has 0 spiro atoms. The van der Waals surface area contributed by atoms with Gasteiger partial charge in [-0.1, -0.05) is 29.4 Å². The van der Waals surface area contributed by atoms with Crippen LogP contribution < -0.4 is 11.1 Å². The molecular formula is C16H21N5O2. The lowest BCUT2D eigenvalue weighted by Crippen LogP contribution is -2.41. The molecule has 0 saturated carbocycles. The van der Waals surface area contributed by atoms with E-state index in [2.05, 4.69) is 51.5 Å². The fraction of sp³-hybridized carbons (Fsp3) is 0.438. The van der Waals surface area contributed by atoms with E-state index in [0.717, 1.165) is 26.1 Å². The summed E-state index contributed by atoms with van der Waals surface area (Å²) >= 11 is 0. The van der Waals surface area contributed by atoms with Crippen molar-refractivity contribution in [2.24, 2.45) is 5.73 Å². The van der Waals surface area contributed by atoms with Gasteiger partial charge in [0, 0.05) is 25.7 Å². The molecule has 7 nitrogen and oxygen atoms in total. The molecule has 0 fully saturated rings. The van der Waals surface area contributed by atoms with Gasteiger partial charge in [-0.05, 0) is 24.5 Å². The third kappa shape index (κ3) is 3.94. The van der Waals surface area contributed by atoms with Crippen molar-refractivity contribution in [1.82, 2.24) is 20.4 Å². The van der Waals surface area contributed by atoms with Crippen molar-refractivity contribution in [2.45, 2.75) is 32.5 Å². The molecule has 2 aromatic rings. The van der Waals surface area contributed by atoms with E-state index in [1.54, 1.807) is 0 Å². The predicted octanol–water partition coefficient (Wildman–Crippen LogP) is 0.705. The van der Waals surface area contributed by atoms with Gasteiger partial charge in [0.05, 0.1) is 6.54 Å². The van der Waals surface area contributed by atoms with Crippen molar-refractivity contribution >= 4 is 5.91 Å². The van der Waals surface area contributed by atoms with Crippen molar-refractivity contribution in [3.05, 3.63) is 47.1 Å². The summed E-state index contributed by atoms with van der Waals surface area (Å²) in [6, 6.07) is 8.88. The Bertz CT molecular complexity index is 685. The second-order valence-corrected chi connectivity index (χ2v) is 5.92. The number of fused-ring (bicyclic) bond motifs is 1. The molecule has 3 rings (SSSR count). The first-order valence-corrected chi connectivity index (χ1v) is 7.76. The summed E-state index contributed by atoms with van der Waals surface area (Å²) in [6.07, 6.45) is 1.09. The maximum Gasteiger partial charge on any atom is 0.315 e. The zero-order valence-corrected chi connectivity index (χ0v) is 13.2. The van der Waals surface area contributed by atoms with Crippen molar-refractivity contribution in [2.75, 3.05) is 13.1 Å². The molecule has 0 radical (unpaired) electrons. The third-order valence-electron chi connectivity index (χ3n) is 4.03. The number of primary amides is 1. The molecule has 1 aromatic carbocycles. The number of hydrogen-bond donors (Lipinski definition) is 2. The highest BCUT2D eigenvalue weighted by molar-refractivity contribution is 5.87. The van der Waals surface area contributed by atoms with Crippen LogP contribution in [0.2, 0.25) is 0 Å². The first-order valence-electron chi connectivity index (χ1n) is 7.76. The maximum absolute atomic E-state index is 10.9. The van der Waals surface area contributed by atoms with Crippen molar-refractivity contribution in [3.63, 3.8) is 0 Å². The Morgan fingerprint density at radius 3 is 2.96 bits per heavy atom. The highest BCUT2D eigenvalue weighted by Gasteiger charge is 2.18. The zero-order valence-electron chi connectivity index (χ0n) is 13.2. The number of carbonyl (C=O) groups excluding carboxylic acids is 1. The normalized spacial score (nSPS) is 16.0. The topological polar surface area (TPSA) is 97.3 Å². The highest BCUT2D eigenvalue weighted by atomic mass is 16.5. The number of nitrogens with one attached hydrogen (secondary N) is 1. The first-order chi connectivity index (χ1) is 11.1. The standard InChI is InChI=1S/C16H21N5O2/c1-11(18-8-14-19-16(15(17)22)23-20-14)9-21-7-6-12-4-2-3-5-13(12)10-21/h2-5,11,18H,6-10H2,1H3,(H2,17,22)/t11-/m1/s1. The van der Waals surface area contributed by atoms with Crippen LogP contribution in [0.3, 0.4) is 0 Å². The molecule has 23 heavy (non-hydrogen) atoms. The highest BCUT2D eigenvalue weighted by Crippen LogP contribution is 2.18. The van der Waals surface area contributed by atoms with Crippen LogP contribution in [0.4, 0.5) is 0 Å². The van der Waals surface area contributed by atoms with Gasteiger partial charge in [0.25, 0.3) is 0 Å². The Hall–Kier alpha value is -2.25. The molecule has 0 unspecified atom stereocenters. The van der Waals surface area contributed by atoms with Gasteiger partial charge in [0.1, 0.15) is 0 Å². The lowest BCUT2D eigenvalue weighted by atomic mass is 10.00. The number of nitrogens with zero attached hydrogens (tertiary/aromatic N) is 3. The first kappa shape index (κ1) is 15.6. The van der Waals surface area contributed by atoms with Gasteiger partial charge in [-0.3, -0.25) is 9.69 Å². The molecule has 1 aliphatic heterocycles. The number of rotatable bonds is 6. The summed E-state index contributed by atoms with van der Waals surface area (Å²) in [5.74, 6) is -0.416. The number of benzene rings is 1. The maximum atomic E-state index is 10.9.